The van der Waals surface area contributed by atoms with Crippen LogP contribution < -0.4 is 15.4 Å². The van der Waals surface area contributed by atoms with Gasteiger partial charge in [0.2, 0.25) is 0 Å². The van der Waals surface area contributed by atoms with Crippen molar-refractivity contribution in [3.8, 4) is 5.75 Å². The van der Waals surface area contributed by atoms with E-state index in [-0.39, 0.29) is 5.82 Å². The number of carbonyl (C=O) groups is 1. The molecule has 0 aliphatic rings. The summed E-state index contributed by atoms with van der Waals surface area (Å²) in [4.78, 5) is 11.8. The Hall–Kier alpha value is -2.82. The number of anilines is 1. The Kier molecular flexibility index (Phi) is 5.14. The molecule has 0 bridgehead atoms. The fourth-order valence-corrected chi connectivity index (χ4v) is 1.90. The van der Waals surface area contributed by atoms with Crippen LogP contribution in [0.2, 0.25) is 0 Å². The number of halogens is 1. The lowest BCUT2D eigenvalue weighted by Gasteiger charge is -2.10. The number of aryl methyl sites for hydroxylation is 1. The summed E-state index contributed by atoms with van der Waals surface area (Å²) in [6.45, 7) is 1.92. The van der Waals surface area contributed by atoms with E-state index < -0.39 is 6.03 Å². The maximum atomic E-state index is 13.0. The average molecular weight is 300 g/mol. The molecule has 114 valence electrons. The SMILES string of the molecule is COc1ccc(C)cc1NC(=O)N/C=C/c1cccc(F)c1. The predicted molar refractivity (Wildman–Crippen MR) is 85.3 cm³/mol. The number of hydrogen-bond acceptors (Lipinski definition) is 2. The van der Waals surface area contributed by atoms with Gasteiger partial charge in [-0.2, -0.15) is 0 Å². The van der Waals surface area contributed by atoms with Gasteiger partial charge in [-0.15, -0.1) is 0 Å². The van der Waals surface area contributed by atoms with Crippen LogP contribution in [0.25, 0.3) is 6.08 Å². The molecule has 0 aliphatic carbocycles. The number of hydrogen-bond donors (Lipinski definition) is 2. The minimum absolute atomic E-state index is 0.323. The summed E-state index contributed by atoms with van der Waals surface area (Å²) in [7, 11) is 1.54. The van der Waals surface area contributed by atoms with Crippen LogP contribution in [0.3, 0.4) is 0 Å². The summed E-state index contributed by atoms with van der Waals surface area (Å²) >= 11 is 0. The molecule has 0 heterocycles. The Morgan fingerprint density at radius 3 is 2.77 bits per heavy atom. The molecule has 5 heteroatoms. The minimum atomic E-state index is -0.406. The normalized spacial score (nSPS) is 10.5. The van der Waals surface area contributed by atoms with Crippen LogP contribution in [0, 0.1) is 12.7 Å². The largest absolute Gasteiger partial charge is 0.495 e. The first-order valence-corrected chi connectivity index (χ1v) is 6.73. The van der Waals surface area contributed by atoms with Gasteiger partial charge in [0.05, 0.1) is 12.8 Å². The zero-order valence-corrected chi connectivity index (χ0v) is 12.4. The molecule has 0 spiro atoms. The van der Waals surface area contributed by atoms with Crippen LogP contribution in [-0.2, 0) is 0 Å². The number of carbonyl (C=O) groups excluding carboxylic acids is 1. The first kappa shape index (κ1) is 15.6. The molecule has 0 aromatic heterocycles. The van der Waals surface area contributed by atoms with Crippen LogP contribution in [0.5, 0.6) is 5.75 Å². The molecule has 2 aromatic carbocycles. The Bertz CT molecular complexity index is 699. The van der Waals surface area contributed by atoms with Crippen LogP contribution in [-0.4, -0.2) is 13.1 Å². The molecule has 0 saturated heterocycles. The zero-order valence-electron chi connectivity index (χ0n) is 12.4. The third kappa shape index (κ3) is 4.34. The quantitative estimate of drug-likeness (QED) is 0.898. The number of rotatable bonds is 4. The van der Waals surface area contributed by atoms with Gasteiger partial charge in [-0.25, -0.2) is 9.18 Å². The van der Waals surface area contributed by atoms with Gasteiger partial charge in [0, 0.05) is 6.20 Å². The molecule has 0 atom stereocenters. The predicted octanol–water partition coefficient (Wildman–Crippen LogP) is 3.94. The van der Waals surface area contributed by atoms with E-state index in [1.807, 2.05) is 19.1 Å². The van der Waals surface area contributed by atoms with E-state index in [2.05, 4.69) is 10.6 Å². The second-order valence-corrected chi connectivity index (χ2v) is 4.69. The van der Waals surface area contributed by atoms with Gasteiger partial charge in [0.1, 0.15) is 11.6 Å². The van der Waals surface area contributed by atoms with E-state index in [9.17, 15) is 9.18 Å². The van der Waals surface area contributed by atoms with Gasteiger partial charge in [-0.3, -0.25) is 0 Å². The number of urea groups is 1. The van der Waals surface area contributed by atoms with Gasteiger partial charge in [0.15, 0.2) is 0 Å². The van der Waals surface area contributed by atoms with Crippen molar-refractivity contribution in [3.05, 3.63) is 65.6 Å². The molecule has 2 aromatic rings. The highest BCUT2D eigenvalue weighted by molar-refractivity contribution is 5.92. The van der Waals surface area contributed by atoms with Crippen molar-refractivity contribution in [1.29, 1.82) is 0 Å². The van der Waals surface area contributed by atoms with E-state index in [1.54, 1.807) is 24.3 Å². The standard InChI is InChI=1S/C17H17FN2O2/c1-12-6-7-16(22-2)15(10-12)20-17(21)19-9-8-13-4-3-5-14(18)11-13/h3-11H,1-2H3,(H2,19,20,21)/b9-8+. The van der Waals surface area contributed by atoms with Gasteiger partial charge < -0.3 is 15.4 Å². The Balaban J connectivity index is 1.97. The van der Waals surface area contributed by atoms with Crippen LogP contribution >= 0.6 is 0 Å². The Labute approximate surface area is 128 Å². The van der Waals surface area contributed by atoms with Gasteiger partial charge in [-0.1, -0.05) is 18.2 Å². The molecular weight excluding hydrogens is 283 g/mol. The monoisotopic (exact) mass is 300 g/mol. The first-order chi connectivity index (χ1) is 10.6. The van der Waals surface area contributed by atoms with Crippen LogP contribution in [0.15, 0.2) is 48.7 Å². The van der Waals surface area contributed by atoms with Gasteiger partial charge >= 0.3 is 6.03 Å². The molecule has 2 amide bonds. The molecule has 2 rings (SSSR count). The van der Waals surface area contributed by atoms with E-state index in [0.717, 1.165) is 5.56 Å². The highest BCUT2D eigenvalue weighted by atomic mass is 19.1. The minimum Gasteiger partial charge on any atom is -0.495 e. The number of methoxy groups -OCH3 is 1. The lowest BCUT2D eigenvalue weighted by Crippen LogP contribution is -2.24. The topological polar surface area (TPSA) is 50.4 Å². The summed E-state index contributed by atoms with van der Waals surface area (Å²) < 4.78 is 18.2. The van der Waals surface area contributed by atoms with Crippen molar-refractivity contribution in [2.24, 2.45) is 0 Å². The lowest BCUT2D eigenvalue weighted by atomic mass is 10.2. The van der Waals surface area contributed by atoms with Crippen molar-refractivity contribution >= 4 is 17.8 Å². The second-order valence-electron chi connectivity index (χ2n) is 4.69. The maximum absolute atomic E-state index is 13.0. The summed E-state index contributed by atoms with van der Waals surface area (Å²) in [5, 5.41) is 5.26. The highest BCUT2D eigenvalue weighted by Crippen LogP contribution is 2.24. The molecular formula is C17H17FN2O2. The molecule has 2 N–H and O–H groups in total. The van der Waals surface area contributed by atoms with Crippen molar-refractivity contribution in [2.45, 2.75) is 6.92 Å². The Morgan fingerprint density at radius 1 is 1.23 bits per heavy atom. The maximum Gasteiger partial charge on any atom is 0.323 e. The summed E-state index contributed by atoms with van der Waals surface area (Å²) in [6, 6.07) is 11.2. The van der Waals surface area contributed by atoms with E-state index in [0.29, 0.717) is 17.0 Å². The molecule has 4 nitrogen and oxygen atoms in total. The number of amides is 2. The third-order valence-electron chi connectivity index (χ3n) is 2.94. The summed E-state index contributed by atoms with van der Waals surface area (Å²) in [5.41, 5.74) is 2.25. The smallest absolute Gasteiger partial charge is 0.323 e. The van der Waals surface area contributed by atoms with Crippen molar-refractivity contribution < 1.29 is 13.9 Å². The zero-order chi connectivity index (χ0) is 15.9. The summed E-state index contributed by atoms with van der Waals surface area (Å²) in [6.07, 6.45) is 3.06. The van der Waals surface area contributed by atoms with E-state index in [1.165, 1.54) is 25.4 Å². The highest BCUT2D eigenvalue weighted by Gasteiger charge is 2.06. The van der Waals surface area contributed by atoms with Crippen molar-refractivity contribution in [1.82, 2.24) is 5.32 Å². The third-order valence-corrected chi connectivity index (χ3v) is 2.94. The average Bonchev–Trinajstić information content (AvgIpc) is 2.47. The molecule has 0 fully saturated rings. The number of benzene rings is 2. The molecule has 22 heavy (non-hydrogen) atoms. The van der Waals surface area contributed by atoms with Gasteiger partial charge in [-0.05, 0) is 48.4 Å². The first-order valence-electron chi connectivity index (χ1n) is 6.73. The van der Waals surface area contributed by atoms with Crippen molar-refractivity contribution in [2.75, 3.05) is 12.4 Å². The van der Waals surface area contributed by atoms with Crippen molar-refractivity contribution in [3.63, 3.8) is 0 Å². The fourth-order valence-electron chi connectivity index (χ4n) is 1.90. The summed E-state index contributed by atoms with van der Waals surface area (Å²) in [5.74, 6) is 0.256. The molecule has 0 unspecified atom stereocenters. The molecule has 0 radical (unpaired) electrons. The van der Waals surface area contributed by atoms with E-state index >= 15 is 0 Å². The fraction of sp³-hybridized carbons (Fsp3) is 0.118. The van der Waals surface area contributed by atoms with Gasteiger partial charge in [0.25, 0.3) is 0 Å². The van der Waals surface area contributed by atoms with E-state index in [4.69, 9.17) is 4.74 Å². The van der Waals surface area contributed by atoms with Crippen LogP contribution in [0.1, 0.15) is 11.1 Å². The lowest BCUT2D eigenvalue weighted by molar-refractivity contribution is 0.255. The van der Waals surface area contributed by atoms with Crippen LogP contribution in [0.4, 0.5) is 14.9 Å². The molecule has 0 aliphatic heterocycles. The second kappa shape index (κ2) is 7.26. The number of ether oxygens (including phenoxy) is 1. The Morgan fingerprint density at radius 2 is 2.05 bits per heavy atom. The number of nitrogens with one attached hydrogen (secondary N) is 2. The molecule has 0 saturated carbocycles.